The summed E-state index contributed by atoms with van der Waals surface area (Å²) in [6.45, 7) is -0.198. The van der Waals surface area contributed by atoms with Crippen molar-refractivity contribution in [2.24, 2.45) is 0 Å². The van der Waals surface area contributed by atoms with Crippen molar-refractivity contribution in [1.29, 1.82) is 0 Å². The van der Waals surface area contributed by atoms with Crippen LogP contribution in [0.25, 0.3) is 10.9 Å². The van der Waals surface area contributed by atoms with Gasteiger partial charge in [-0.3, -0.25) is 4.79 Å². The Morgan fingerprint density at radius 1 is 1.21 bits per heavy atom. The molecule has 1 amide bonds. The number of hydrogen-bond acceptors (Lipinski definition) is 5. The van der Waals surface area contributed by atoms with Gasteiger partial charge in [-0.2, -0.15) is 13.2 Å². The summed E-state index contributed by atoms with van der Waals surface area (Å²) in [6.07, 6.45) is -5.00. The molecule has 1 aliphatic heterocycles. The van der Waals surface area contributed by atoms with Gasteiger partial charge in [-0.25, -0.2) is 4.39 Å². The summed E-state index contributed by atoms with van der Waals surface area (Å²) in [5.74, 6) is 5.89. The number of aromatic nitrogens is 1. The molecule has 0 radical (unpaired) electrons. The largest absolute Gasteiger partial charge is 0.495 e. The monoisotopic (exact) mass is 531 g/mol. The Morgan fingerprint density at radius 2 is 2.03 bits per heavy atom. The summed E-state index contributed by atoms with van der Waals surface area (Å²) < 4.78 is 61.2. The number of carbonyl (C=O) groups is 1. The zero-order valence-electron chi connectivity index (χ0n) is 21.0. The molecule has 1 fully saturated rings. The van der Waals surface area contributed by atoms with Crippen LogP contribution in [0.5, 0.6) is 5.75 Å². The van der Waals surface area contributed by atoms with Crippen molar-refractivity contribution in [3.8, 4) is 17.6 Å². The van der Waals surface area contributed by atoms with E-state index in [1.807, 2.05) is 0 Å². The summed E-state index contributed by atoms with van der Waals surface area (Å²) in [7, 11) is 2.99. The van der Waals surface area contributed by atoms with Crippen LogP contribution in [0.2, 0.25) is 0 Å². The molecule has 0 spiro atoms. The van der Waals surface area contributed by atoms with E-state index in [-0.39, 0.29) is 24.7 Å². The van der Waals surface area contributed by atoms with Crippen molar-refractivity contribution >= 4 is 28.2 Å². The molecule has 1 aliphatic rings. The van der Waals surface area contributed by atoms with Crippen molar-refractivity contribution in [2.45, 2.75) is 31.4 Å². The zero-order valence-corrected chi connectivity index (χ0v) is 21.0. The van der Waals surface area contributed by atoms with E-state index >= 15 is 0 Å². The van der Waals surface area contributed by atoms with Crippen LogP contribution in [0.1, 0.15) is 22.5 Å². The predicted molar refractivity (Wildman–Crippen MR) is 140 cm³/mol. The number of fused-ring (bicyclic) bond motifs is 1. The highest BCUT2D eigenvalue weighted by atomic mass is 19.4. The Morgan fingerprint density at radius 3 is 2.74 bits per heavy atom. The van der Waals surface area contributed by atoms with Gasteiger partial charge in [-0.05, 0) is 55.3 Å². The van der Waals surface area contributed by atoms with Gasteiger partial charge in [0.05, 0.1) is 36.6 Å². The topological polar surface area (TPSA) is 79.4 Å². The van der Waals surface area contributed by atoms with Crippen LogP contribution >= 0.6 is 0 Å². The molecule has 7 nitrogen and oxygen atoms in total. The SMILES string of the molecule is CNC(=O)c1ccc(NCC#Cc2cc3c(N[C@@H]4CCNC[C@@H]4F)cccc3n2CC(F)(F)F)c(OC)c1. The lowest BCUT2D eigenvalue weighted by molar-refractivity contribution is -0.140. The fraction of sp³-hybridized carbons (Fsp3) is 0.370. The highest BCUT2D eigenvalue weighted by Crippen LogP contribution is 2.31. The number of ether oxygens (including phenoxy) is 1. The quantitative estimate of drug-likeness (QED) is 0.272. The summed E-state index contributed by atoms with van der Waals surface area (Å²) in [4.78, 5) is 11.8. The molecule has 2 aromatic carbocycles. The Labute approximate surface area is 217 Å². The van der Waals surface area contributed by atoms with Crippen LogP contribution in [-0.2, 0) is 6.54 Å². The van der Waals surface area contributed by atoms with E-state index in [0.717, 1.165) is 4.57 Å². The minimum Gasteiger partial charge on any atom is -0.495 e. The Balaban J connectivity index is 1.60. The lowest BCUT2D eigenvalue weighted by Gasteiger charge is -2.28. The maximum atomic E-state index is 14.4. The molecule has 0 saturated carbocycles. The Kier molecular flexibility index (Phi) is 8.32. The van der Waals surface area contributed by atoms with E-state index in [9.17, 15) is 22.4 Å². The predicted octanol–water partition coefficient (Wildman–Crippen LogP) is 4.15. The lowest BCUT2D eigenvalue weighted by atomic mass is 10.0. The van der Waals surface area contributed by atoms with Gasteiger partial charge in [0.2, 0.25) is 0 Å². The maximum absolute atomic E-state index is 14.4. The van der Waals surface area contributed by atoms with Gasteiger partial charge in [0, 0.05) is 30.2 Å². The number of nitrogens with one attached hydrogen (secondary N) is 4. The number of benzene rings is 2. The number of anilines is 2. The molecular weight excluding hydrogens is 502 g/mol. The smallest absolute Gasteiger partial charge is 0.406 e. The van der Waals surface area contributed by atoms with Crippen molar-refractivity contribution < 1.29 is 27.1 Å². The molecule has 3 aromatic rings. The third-order valence-electron chi connectivity index (χ3n) is 6.31. The number of halogens is 4. The number of nitrogens with zero attached hydrogens (tertiary/aromatic N) is 1. The third kappa shape index (κ3) is 6.31. The average molecular weight is 532 g/mol. The van der Waals surface area contributed by atoms with Crippen LogP contribution in [0.3, 0.4) is 0 Å². The number of alkyl halides is 4. The van der Waals surface area contributed by atoms with Gasteiger partial charge in [0.25, 0.3) is 5.91 Å². The summed E-state index contributed by atoms with van der Waals surface area (Å²) >= 11 is 0. The van der Waals surface area contributed by atoms with E-state index in [1.165, 1.54) is 14.2 Å². The number of amides is 1. The second kappa shape index (κ2) is 11.6. The van der Waals surface area contributed by atoms with Gasteiger partial charge >= 0.3 is 6.18 Å². The normalized spacial score (nSPS) is 17.4. The molecule has 11 heteroatoms. The molecule has 0 aliphatic carbocycles. The van der Waals surface area contributed by atoms with E-state index in [4.69, 9.17) is 4.74 Å². The van der Waals surface area contributed by atoms with E-state index in [2.05, 4.69) is 33.1 Å². The van der Waals surface area contributed by atoms with Crippen molar-refractivity contribution in [2.75, 3.05) is 44.4 Å². The maximum Gasteiger partial charge on any atom is 0.406 e. The molecule has 1 saturated heterocycles. The molecule has 0 bridgehead atoms. The van der Waals surface area contributed by atoms with Crippen LogP contribution in [0.15, 0.2) is 42.5 Å². The van der Waals surface area contributed by atoms with Gasteiger partial charge in [-0.15, -0.1) is 0 Å². The van der Waals surface area contributed by atoms with Crippen LogP contribution < -0.4 is 26.0 Å². The third-order valence-corrected chi connectivity index (χ3v) is 6.31. The minimum atomic E-state index is -4.46. The van der Waals surface area contributed by atoms with Crippen molar-refractivity contribution in [3.63, 3.8) is 0 Å². The van der Waals surface area contributed by atoms with Crippen molar-refractivity contribution in [3.05, 3.63) is 53.7 Å². The van der Waals surface area contributed by atoms with E-state index in [1.54, 1.807) is 42.5 Å². The first-order chi connectivity index (χ1) is 18.2. The number of hydrogen-bond donors (Lipinski definition) is 4. The fourth-order valence-corrected chi connectivity index (χ4v) is 4.44. The molecule has 2 heterocycles. The molecule has 2 atom stereocenters. The van der Waals surface area contributed by atoms with Gasteiger partial charge < -0.3 is 30.6 Å². The Hall–Kier alpha value is -3.91. The van der Waals surface area contributed by atoms with Gasteiger partial charge in [0.15, 0.2) is 0 Å². The van der Waals surface area contributed by atoms with Gasteiger partial charge in [-0.1, -0.05) is 12.0 Å². The minimum absolute atomic E-state index is 0.118. The van der Waals surface area contributed by atoms with E-state index in [0.29, 0.717) is 46.6 Å². The molecule has 4 N–H and O–H groups in total. The van der Waals surface area contributed by atoms with Crippen molar-refractivity contribution in [1.82, 2.24) is 15.2 Å². The Bertz CT molecular complexity index is 1360. The molecule has 0 unspecified atom stereocenters. The van der Waals surface area contributed by atoms with Gasteiger partial charge in [0.1, 0.15) is 18.5 Å². The van der Waals surface area contributed by atoms with Crippen LogP contribution in [0.4, 0.5) is 28.9 Å². The number of methoxy groups -OCH3 is 1. The second-order valence-corrected chi connectivity index (χ2v) is 8.88. The number of rotatable bonds is 7. The molecule has 4 rings (SSSR count). The van der Waals surface area contributed by atoms with E-state index < -0.39 is 24.9 Å². The standard InChI is InChI=1S/C27H29F4N5O2/c1-32-26(37)17-8-9-23(25(13-17)38-2)34-11-4-5-18-14-19-21(35-22-10-12-33-15-20(22)28)6-3-7-24(19)36(18)16-27(29,30)31/h3,6-9,13-14,20,22,33-35H,10-12,15-16H2,1-2H3,(H,32,37)/t20-,22+/m0/s1. The second-order valence-electron chi connectivity index (χ2n) is 8.88. The first-order valence-electron chi connectivity index (χ1n) is 12.1. The first kappa shape index (κ1) is 27.1. The van der Waals surface area contributed by atoms with Crippen LogP contribution in [-0.4, -0.2) is 62.7 Å². The number of carbonyl (C=O) groups excluding carboxylic acids is 1. The number of piperidine rings is 1. The highest BCUT2D eigenvalue weighted by Gasteiger charge is 2.30. The highest BCUT2D eigenvalue weighted by molar-refractivity contribution is 5.95. The molecular formula is C27H29F4N5O2. The zero-order chi connectivity index (χ0) is 27.3. The first-order valence-corrected chi connectivity index (χ1v) is 12.1. The van der Waals surface area contributed by atoms with Crippen LogP contribution in [0, 0.1) is 11.8 Å². The lowest BCUT2D eigenvalue weighted by Crippen LogP contribution is -2.45. The molecule has 1 aromatic heterocycles. The fourth-order valence-electron chi connectivity index (χ4n) is 4.44. The summed E-state index contributed by atoms with van der Waals surface area (Å²) in [5, 5.41) is 12.3. The molecule has 38 heavy (non-hydrogen) atoms. The summed E-state index contributed by atoms with van der Waals surface area (Å²) in [5.41, 5.74) is 2.13. The summed E-state index contributed by atoms with van der Waals surface area (Å²) in [6, 6.07) is 11.0. The average Bonchev–Trinajstić information content (AvgIpc) is 3.24. The molecule has 202 valence electrons.